The predicted molar refractivity (Wildman–Crippen MR) is 131 cm³/mol. The first kappa shape index (κ1) is 24.2. The lowest BCUT2D eigenvalue weighted by atomic mass is 9.87. The number of hydrogen-bond donors (Lipinski definition) is 3. The van der Waals surface area contributed by atoms with Crippen molar-refractivity contribution in [2.24, 2.45) is 5.92 Å². The number of rotatable bonds is 10. The Morgan fingerprint density at radius 1 is 1.18 bits per heavy atom. The van der Waals surface area contributed by atoms with Crippen molar-refractivity contribution in [1.82, 2.24) is 20.2 Å². The molecule has 9 heteroatoms. The fourth-order valence-electron chi connectivity index (χ4n) is 4.21. The Kier molecular flexibility index (Phi) is 8.49. The highest BCUT2D eigenvalue weighted by atomic mass is 35.5. The summed E-state index contributed by atoms with van der Waals surface area (Å²) >= 11 is 6.43. The summed E-state index contributed by atoms with van der Waals surface area (Å²) in [5, 5.41) is 19.2. The number of benzene rings is 1. The topological polar surface area (TPSA) is 113 Å². The molecule has 34 heavy (non-hydrogen) atoms. The molecule has 1 aliphatic carbocycles. The van der Waals surface area contributed by atoms with Crippen LogP contribution in [0.2, 0.25) is 5.02 Å². The first-order chi connectivity index (χ1) is 16.6. The number of unbranched alkanes of at least 4 members (excludes halogenated alkanes) is 1. The molecule has 1 amide bonds. The number of nitrogens with zero attached hydrogens (tertiary/aromatic N) is 3. The number of halogens is 1. The maximum absolute atomic E-state index is 12.7. The maximum Gasteiger partial charge on any atom is 0.296 e. The van der Waals surface area contributed by atoms with Gasteiger partial charge in [-0.2, -0.15) is 0 Å². The summed E-state index contributed by atoms with van der Waals surface area (Å²) in [6.07, 6.45) is 10.1. The number of hydrogen-bond acceptors (Lipinski definition) is 6. The molecule has 0 spiro atoms. The van der Waals surface area contributed by atoms with Crippen LogP contribution in [0.3, 0.4) is 0 Å². The number of aromatic nitrogens is 4. The summed E-state index contributed by atoms with van der Waals surface area (Å²) < 4.78 is 5.76. The van der Waals surface area contributed by atoms with E-state index in [1.54, 1.807) is 18.3 Å². The lowest BCUT2D eigenvalue weighted by Crippen LogP contribution is -2.15. The van der Waals surface area contributed by atoms with Crippen molar-refractivity contribution in [3.8, 4) is 16.9 Å². The number of aliphatic hydroxyl groups is 1. The Bertz CT molecular complexity index is 1100. The monoisotopic (exact) mass is 483 g/mol. The van der Waals surface area contributed by atoms with Gasteiger partial charge in [-0.25, -0.2) is 9.97 Å². The molecule has 3 N–H and O–H groups in total. The van der Waals surface area contributed by atoms with E-state index < -0.39 is 5.91 Å². The molecule has 0 radical (unpaired) electrons. The van der Waals surface area contributed by atoms with E-state index >= 15 is 0 Å². The lowest BCUT2D eigenvalue weighted by Gasteiger charge is -2.19. The van der Waals surface area contributed by atoms with E-state index in [1.165, 1.54) is 32.1 Å². The molecule has 3 aromatic rings. The van der Waals surface area contributed by atoms with E-state index in [9.17, 15) is 4.79 Å². The number of ether oxygens (including phenoxy) is 1. The van der Waals surface area contributed by atoms with E-state index in [0.717, 1.165) is 29.8 Å². The molecule has 8 nitrogen and oxygen atoms in total. The Hall–Kier alpha value is -2.97. The second-order valence-corrected chi connectivity index (χ2v) is 9.03. The number of aliphatic hydroxyl groups excluding tert-OH is 1. The van der Waals surface area contributed by atoms with Crippen molar-refractivity contribution >= 4 is 23.3 Å². The van der Waals surface area contributed by atoms with Crippen LogP contribution in [0.25, 0.3) is 11.1 Å². The van der Waals surface area contributed by atoms with Gasteiger partial charge >= 0.3 is 0 Å². The van der Waals surface area contributed by atoms with Crippen LogP contribution in [0.4, 0.5) is 5.82 Å². The largest absolute Gasteiger partial charge is 0.494 e. The Morgan fingerprint density at radius 2 is 2.03 bits per heavy atom. The fourth-order valence-corrected chi connectivity index (χ4v) is 4.44. The molecule has 1 aliphatic rings. The minimum atomic E-state index is -0.414. The molecular formula is C25H30ClN5O3. The predicted octanol–water partition coefficient (Wildman–Crippen LogP) is 5.05. The van der Waals surface area contributed by atoms with Crippen LogP contribution in [0, 0.1) is 5.92 Å². The zero-order valence-corrected chi connectivity index (χ0v) is 19.9. The lowest BCUT2D eigenvalue weighted by molar-refractivity contribution is 0.101. The summed E-state index contributed by atoms with van der Waals surface area (Å²) in [5.74, 6) is 2.12. The number of aromatic amines is 1. The minimum absolute atomic E-state index is 0.106. The van der Waals surface area contributed by atoms with Gasteiger partial charge in [-0.3, -0.25) is 9.89 Å². The number of carbonyl (C=O) groups is 1. The summed E-state index contributed by atoms with van der Waals surface area (Å²) in [6, 6.07) is 9.02. The molecule has 180 valence electrons. The summed E-state index contributed by atoms with van der Waals surface area (Å²) in [6.45, 7) is 0.662. The van der Waals surface area contributed by atoms with Crippen LogP contribution < -0.4 is 10.1 Å². The Balaban J connectivity index is 1.41. The average Bonchev–Trinajstić information content (AvgIpc) is 3.32. The molecule has 0 unspecified atom stereocenters. The molecule has 0 atom stereocenters. The normalized spacial score (nSPS) is 14.2. The number of pyridine rings is 1. The molecule has 0 aliphatic heterocycles. The highest BCUT2D eigenvalue weighted by molar-refractivity contribution is 6.33. The maximum atomic E-state index is 12.7. The number of amides is 1. The van der Waals surface area contributed by atoms with Crippen LogP contribution in [-0.4, -0.2) is 44.4 Å². The fraction of sp³-hybridized carbons (Fsp3) is 0.440. The summed E-state index contributed by atoms with van der Waals surface area (Å²) in [5.41, 5.74) is 1.57. The molecule has 0 saturated heterocycles. The van der Waals surface area contributed by atoms with Gasteiger partial charge in [0.15, 0.2) is 0 Å². The van der Waals surface area contributed by atoms with Crippen molar-refractivity contribution in [2.75, 3.05) is 18.5 Å². The first-order valence-corrected chi connectivity index (χ1v) is 12.2. The van der Waals surface area contributed by atoms with E-state index in [0.29, 0.717) is 35.5 Å². The molecule has 1 saturated carbocycles. The van der Waals surface area contributed by atoms with Crippen molar-refractivity contribution in [1.29, 1.82) is 0 Å². The third kappa shape index (κ3) is 6.55. The van der Waals surface area contributed by atoms with Gasteiger partial charge in [-0.1, -0.05) is 43.7 Å². The average molecular weight is 484 g/mol. The van der Waals surface area contributed by atoms with Gasteiger partial charge in [-0.15, -0.1) is 5.10 Å². The number of anilines is 1. The van der Waals surface area contributed by atoms with Gasteiger partial charge < -0.3 is 15.2 Å². The zero-order valence-electron chi connectivity index (χ0n) is 19.1. The molecule has 1 aromatic carbocycles. The zero-order chi connectivity index (χ0) is 23.8. The second-order valence-electron chi connectivity index (χ2n) is 8.62. The van der Waals surface area contributed by atoms with E-state index in [1.807, 2.05) is 18.2 Å². The van der Waals surface area contributed by atoms with Crippen molar-refractivity contribution in [2.45, 2.75) is 51.4 Å². The van der Waals surface area contributed by atoms with Gasteiger partial charge in [-0.05, 0) is 54.7 Å². The SMILES string of the molecule is O=C(Nc1cc(-c2cc(OCCCCO)ccc2Cl)ccn1)c1n[nH]c(CC2CCCCC2)n1. The van der Waals surface area contributed by atoms with Gasteiger partial charge in [0.1, 0.15) is 17.4 Å². The number of carbonyl (C=O) groups excluding carboxylic acids is 1. The Morgan fingerprint density at radius 3 is 2.85 bits per heavy atom. The molecule has 1 fully saturated rings. The molecular weight excluding hydrogens is 454 g/mol. The van der Waals surface area contributed by atoms with Crippen LogP contribution in [0.15, 0.2) is 36.5 Å². The second kappa shape index (κ2) is 11.9. The van der Waals surface area contributed by atoms with Crippen LogP contribution in [0.1, 0.15) is 61.4 Å². The van der Waals surface area contributed by atoms with E-state index in [2.05, 4.69) is 25.5 Å². The molecule has 4 rings (SSSR count). The molecule has 0 bridgehead atoms. The van der Waals surface area contributed by atoms with Crippen LogP contribution in [0.5, 0.6) is 5.75 Å². The standard InChI is InChI=1S/C25H30ClN5O3/c26-21-9-8-19(34-13-5-4-12-32)16-20(21)18-10-11-27-22(15-18)29-25(33)24-28-23(30-31-24)14-17-6-2-1-3-7-17/h8-11,15-17,32H,1-7,12-14H2,(H,27,29,33)(H,28,30,31). The van der Waals surface area contributed by atoms with Gasteiger partial charge in [0.2, 0.25) is 5.82 Å². The van der Waals surface area contributed by atoms with Gasteiger partial charge in [0.25, 0.3) is 5.91 Å². The quantitative estimate of drug-likeness (QED) is 0.348. The molecule has 2 heterocycles. The smallest absolute Gasteiger partial charge is 0.296 e. The highest BCUT2D eigenvalue weighted by Gasteiger charge is 2.18. The van der Waals surface area contributed by atoms with Crippen LogP contribution >= 0.6 is 11.6 Å². The van der Waals surface area contributed by atoms with Crippen LogP contribution in [-0.2, 0) is 6.42 Å². The van der Waals surface area contributed by atoms with Crippen molar-refractivity contribution in [3.63, 3.8) is 0 Å². The summed E-state index contributed by atoms with van der Waals surface area (Å²) in [7, 11) is 0. The first-order valence-electron chi connectivity index (χ1n) is 11.8. The van der Waals surface area contributed by atoms with E-state index in [4.69, 9.17) is 21.4 Å². The summed E-state index contributed by atoms with van der Waals surface area (Å²) in [4.78, 5) is 21.3. The molecule has 2 aromatic heterocycles. The third-order valence-corrected chi connectivity index (χ3v) is 6.34. The van der Waals surface area contributed by atoms with Gasteiger partial charge in [0, 0.05) is 29.8 Å². The van der Waals surface area contributed by atoms with Crippen molar-refractivity contribution in [3.05, 3.63) is 53.2 Å². The highest BCUT2D eigenvalue weighted by Crippen LogP contribution is 2.32. The van der Waals surface area contributed by atoms with Gasteiger partial charge in [0.05, 0.1) is 6.61 Å². The minimum Gasteiger partial charge on any atom is -0.494 e. The van der Waals surface area contributed by atoms with Crippen molar-refractivity contribution < 1.29 is 14.6 Å². The van der Waals surface area contributed by atoms with E-state index in [-0.39, 0.29) is 12.4 Å². The Labute approximate surface area is 204 Å². The number of nitrogens with one attached hydrogen (secondary N) is 2. The third-order valence-electron chi connectivity index (χ3n) is 6.01. The number of H-pyrrole nitrogens is 1.